The van der Waals surface area contributed by atoms with Crippen molar-refractivity contribution in [2.45, 2.75) is 32.7 Å². The van der Waals surface area contributed by atoms with E-state index in [0.29, 0.717) is 32.3 Å². The number of methoxy groups -OCH3 is 1. The van der Waals surface area contributed by atoms with E-state index >= 15 is 0 Å². The number of hydrogen-bond donors (Lipinski definition) is 2. The Morgan fingerprint density at radius 3 is 2.19 bits per heavy atom. The van der Waals surface area contributed by atoms with E-state index in [0.717, 1.165) is 11.1 Å². The van der Waals surface area contributed by atoms with Gasteiger partial charge < -0.3 is 20.5 Å². The zero-order valence-corrected chi connectivity index (χ0v) is 17.7. The predicted molar refractivity (Wildman–Crippen MR) is 117 cm³/mol. The van der Waals surface area contributed by atoms with Gasteiger partial charge in [0.25, 0.3) is 0 Å². The molecule has 0 saturated heterocycles. The van der Waals surface area contributed by atoms with Gasteiger partial charge in [-0.2, -0.15) is 0 Å². The van der Waals surface area contributed by atoms with Gasteiger partial charge in [-0.3, -0.25) is 0 Å². The molecule has 26 heavy (non-hydrogen) atoms. The number of aliphatic imine (C=N–C) groups is 1. The van der Waals surface area contributed by atoms with Crippen LogP contribution in [0.1, 0.15) is 23.6 Å². The van der Waals surface area contributed by atoms with Crippen LogP contribution in [0.5, 0.6) is 0 Å². The number of nitrogens with zero attached hydrogens (tertiary/aromatic N) is 1. The molecule has 2 rings (SSSR count). The van der Waals surface area contributed by atoms with Crippen molar-refractivity contribution < 1.29 is 9.47 Å². The van der Waals surface area contributed by atoms with Gasteiger partial charge in [0, 0.05) is 13.2 Å². The van der Waals surface area contributed by atoms with E-state index in [4.69, 9.17) is 15.2 Å². The van der Waals surface area contributed by atoms with E-state index in [1.54, 1.807) is 7.11 Å². The molecule has 1 unspecified atom stereocenters. The Kier molecular flexibility index (Phi) is 10.9. The molecule has 0 fully saturated rings. The predicted octanol–water partition coefficient (Wildman–Crippen LogP) is 3.46. The summed E-state index contributed by atoms with van der Waals surface area (Å²) in [5.41, 5.74) is 9.30. The highest BCUT2D eigenvalue weighted by atomic mass is 127. The van der Waals surface area contributed by atoms with Crippen molar-refractivity contribution in [3.05, 3.63) is 71.3 Å². The molecule has 5 nitrogen and oxygen atoms in total. The summed E-state index contributed by atoms with van der Waals surface area (Å²) in [5.74, 6) is 0.430. The zero-order chi connectivity index (χ0) is 17.9. The third kappa shape index (κ3) is 8.64. The Labute approximate surface area is 173 Å². The van der Waals surface area contributed by atoms with Crippen LogP contribution in [-0.2, 0) is 29.2 Å². The first-order valence-electron chi connectivity index (χ1n) is 8.42. The van der Waals surface area contributed by atoms with E-state index in [2.05, 4.69) is 46.7 Å². The molecular formula is C20H28IN3O2. The second kappa shape index (κ2) is 12.7. The lowest BCUT2D eigenvalue weighted by molar-refractivity contribution is 0.107. The average Bonchev–Trinajstić information content (AvgIpc) is 2.62. The molecule has 0 heterocycles. The summed E-state index contributed by atoms with van der Waals surface area (Å²) in [7, 11) is 1.66. The van der Waals surface area contributed by atoms with Crippen LogP contribution in [0, 0.1) is 0 Å². The van der Waals surface area contributed by atoms with Gasteiger partial charge in [0.05, 0.1) is 26.4 Å². The summed E-state index contributed by atoms with van der Waals surface area (Å²) in [5, 5.41) is 3.09. The highest BCUT2D eigenvalue weighted by Gasteiger charge is 2.01. The van der Waals surface area contributed by atoms with Crippen LogP contribution in [0.3, 0.4) is 0 Å². The van der Waals surface area contributed by atoms with Crippen molar-refractivity contribution in [1.82, 2.24) is 5.32 Å². The molecule has 0 aromatic heterocycles. The van der Waals surface area contributed by atoms with Crippen molar-refractivity contribution in [3.8, 4) is 0 Å². The number of rotatable bonds is 9. The first kappa shape index (κ1) is 22.4. The fraction of sp³-hybridized carbons (Fsp3) is 0.350. The lowest BCUT2D eigenvalue weighted by Crippen LogP contribution is -2.40. The highest BCUT2D eigenvalue weighted by molar-refractivity contribution is 14.0. The van der Waals surface area contributed by atoms with Crippen LogP contribution in [0.25, 0.3) is 0 Å². The number of halogens is 1. The second-order valence-corrected chi connectivity index (χ2v) is 6.00. The van der Waals surface area contributed by atoms with Gasteiger partial charge >= 0.3 is 0 Å². The summed E-state index contributed by atoms with van der Waals surface area (Å²) >= 11 is 0. The van der Waals surface area contributed by atoms with Gasteiger partial charge in [0.1, 0.15) is 0 Å². The minimum absolute atomic E-state index is 0. The standard InChI is InChI=1S/C20H27N3O2.HI/c1-16(13-24-2)23-20(21)22-12-17-8-10-19(11-9-17)15-25-14-18-6-4-3-5-7-18;/h3-11,16H,12-15H2,1-2H3,(H3,21,22,23);1H. The van der Waals surface area contributed by atoms with Gasteiger partial charge in [-0.25, -0.2) is 4.99 Å². The van der Waals surface area contributed by atoms with E-state index in [1.807, 2.05) is 25.1 Å². The molecule has 0 aliphatic heterocycles. The van der Waals surface area contributed by atoms with Crippen molar-refractivity contribution in [1.29, 1.82) is 0 Å². The topological polar surface area (TPSA) is 68.9 Å². The Bertz CT molecular complexity index is 648. The molecule has 0 saturated carbocycles. The van der Waals surface area contributed by atoms with Crippen molar-refractivity contribution in [2.24, 2.45) is 10.7 Å². The first-order valence-corrected chi connectivity index (χ1v) is 8.42. The third-order valence-electron chi connectivity index (χ3n) is 3.65. The second-order valence-electron chi connectivity index (χ2n) is 6.00. The molecule has 0 bridgehead atoms. The molecule has 2 aromatic carbocycles. The van der Waals surface area contributed by atoms with Gasteiger partial charge in [-0.05, 0) is 23.6 Å². The molecule has 0 amide bonds. The number of hydrogen-bond acceptors (Lipinski definition) is 3. The van der Waals surface area contributed by atoms with Crippen molar-refractivity contribution >= 4 is 29.9 Å². The molecule has 0 aliphatic rings. The molecule has 142 valence electrons. The average molecular weight is 469 g/mol. The van der Waals surface area contributed by atoms with E-state index in [1.165, 1.54) is 5.56 Å². The summed E-state index contributed by atoms with van der Waals surface area (Å²) in [6, 6.07) is 18.5. The molecule has 0 radical (unpaired) electrons. The van der Waals surface area contributed by atoms with Crippen LogP contribution < -0.4 is 11.1 Å². The molecule has 0 spiro atoms. The fourth-order valence-electron chi connectivity index (χ4n) is 2.37. The van der Waals surface area contributed by atoms with Gasteiger partial charge in [-0.1, -0.05) is 54.6 Å². The van der Waals surface area contributed by atoms with Crippen molar-refractivity contribution in [3.63, 3.8) is 0 Å². The van der Waals surface area contributed by atoms with E-state index < -0.39 is 0 Å². The Morgan fingerprint density at radius 2 is 1.58 bits per heavy atom. The summed E-state index contributed by atoms with van der Waals surface area (Å²) in [4.78, 5) is 4.34. The zero-order valence-electron chi connectivity index (χ0n) is 15.4. The maximum Gasteiger partial charge on any atom is 0.189 e. The van der Waals surface area contributed by atoms with Crippen LogP contribution >= 0.6 is 24.0 Å². The summed E-state index contributed by atoms with van der Waals surface area (Å²) < 4.78 is 10.8. The smallest absolute Gasteiger partial charge is 0.189 e. The number of ether oxygens (including phenoxy) is 2. The van der Waals surface area contributed by atoms with Gasteiger partial charge in [-0.15, -0.1) is 24.0 Å². The molecule has 2 aromatic rings. The van der Waals surface area contributed by atoms with Crippen LogP contribution in [-0.4, -0.2) is 25.7 Å². The highest BCUT2D eigenvalue weighted by Crippen LogP contribution is 2.09. The number of guanidine groups is 1. The monoisotopic (exact) mass is 469 g/mol. The van der Waals surface area contributed by atoms with E-state index in [9.17, 15) is 0 Å². The van der Waals surface area contributed by atoms with Crippen LogP contribution in [0.4, 0.5) is 0 Å². The quantitative estimate of drug-likeness (QED) is 0.336. The third-order valence-corrected chi connectivity index (χ3v) is 3.65. The van der Waals surface area contributed by atoms with Gasteiger partial charge in [0.15, 0.2) is 5.96 Å². The van der Waals surface area contributed by atoms with Crippen molar-refractivity contribution in [2.75, 3.05) is 13.7 Å². The minimum atomic E-state index is 0. The molecule has 3 N–H and O–H groups in total. The first-order chi connectivity index (χ1) is 12.2. The maximum atomic E-state index is 5.87. The Morgan fingerprint density at radius 1 is 1.00 bits per heavy atom. The number of benzene rings is 2. The normalized spacial score (nSPS) is 12.3. The summed E-state index contributed by atoms with van der Waals surface area (Å²) in [6.45, 7) is 4.35. The SMILES string of the molecule is COCC(C)NC(N)=NCc1ccc(COCc2ccccc2)cc1.I. The molecule has 0 aliphatic carbocycles. The molecular weight excluding hydrogens is 441 g/mol. The summed E-state index contributed by atoms with van der Waals surface area (Å²) in [6.07, 6.45) is 0. The maximum absolute atomic E-state index is 5.87. The molecule has 1 atom stereocenters. The number of nitrogens with two attached hydrogens (primary N) is 1. The minimum Gasteiger partial charge on any atom is -0.383 e. The van der Waals surface area contributed by atoms with Crippen LogP contribution in [0.15, 0.2) is 59.6 Å². The fourth-order valence-corrected chi connectivity index (χ4v) is 2.37. The Hall–Kier alpha value is -1.64. The molecule has 6 heteroatoms. The lowest BCUT2D eigenvalue weighted by atomic mass is 10.1. The largest absolute Gasteiger partial charge is 0.383 e. The van der Waals surface area contributed by atoms with Gasteiger partial charge in [0.2, 0.25) is 0 Å². The lowest BCUT2D eigenvalue weighted by Gasteiger charge is -2.13. The van der Waals surface area contributed by atoms with E-state index in [-0.39, 0.29) is 30.0 Å². The Balaban J connectivity index is 0.00000338. The van der Waals surface area contributed by atoms with Crippen LogP contribution in [0.2, 0.25) is 0 Å². The number of nitrogens with one attached hydrogen (secondary N) is 1.